The van der Waals surface area contributed by atoms with Gasteiger partial charge in [-0.3, -0.25) is 4.79 Å². The van der Waals surface area contributed by atoms with Gasteiger partial charge in [0.2, 0.25) is 11.5 Å². The van der Waals surface area contributed by atoms with Crippen molar-refractivity contribution in [2.75, 3.05) is 6.54 Å². The van der Waals surface area contributed by atoms with Crippen LogP contribution in [0.1, 0.15) is 17.0 Å². The molecule has 166 valence electrons. The molecule has 0 saturated heterocycles. The SMILES string of the molecule is O=C(C[C@](O)(c1nc2ccccc2s1)C(F)(F)F)NCCc1ccc(OC(F)F)cc1. The number of aromatic nitrogens is 1. The first-order chi connectivity index (χ1) is 14.6. The maximum Gasteiger partial charge on any atom is 0.424 e. The average Bonchev–Trinajstić information content (AvgIpc) is 3.13. The molecule has 0 aliphatic heterocycles. The van der Waals surface area contributed by atoms with Crippen LogP contribution in [-0.4, -0.2) is 35.3 Å². The summed E-state index contributed by atoms with van der Waals surface area (Å²) in [4.78, 5) is 16.0. The van der Waals surface area contributed by atoms with Gasteiger partial charge in [-0.15, -0.1) is 11.3 Å². The van der Waals surface area contributed by atoms with Gasteiger partial charge in [-0.2, -0.15) is 22.0 Å². The molecule has 11 heteroatoms. The van der Waals surface area contributed by atoms with Gasteiger partial charge in [0.25, 0.3) is 0 Å². The van der Waals surface area contributed by atoms with Crippen LogP contribution in [0.4, 0.5) is 22.0 Å². The smallest absolute Gasteiger partial charge is 0.424 e. The average molecular weight is 460 g/mol. The summed E-state index contributed by atoms with van der Waals surface area (Å²) in [7, 11) is 0. The standard InChI is InChI=1S/C20H17F5N2O3S/c21-18(22)30-13-7-5-12(6-8-13)9-10-26-16(28)11-19(29,20(23,24)25)17-27-14-3-1-2-4-15(14)31-17/h1-8,18,29H,9-11H2,(H,26,28)/t19-/m0/s1. The Hall–Kier alpha value is -2.79. The lowest BCUT2D eigenvalue weighted by Crippen LogP contribution is -2.46. The Morgan fingerprint density at radius 1 is 1.13 bits per heavy atom. The van der Waals surface area contributed by atoms with E-state index in [0.717, 1.165) is 0 Å². The highest BCUT2D eigenvalue weighted by Crippen LogP contribution is 2.44. The molecule has 1 aromatic heterocycles. The minimum absolute atomic E-state index is 0.0122. The molecule has 0 unspecified atom stereocenters. The first-order valence-corrected chi connectivity index (χ1v) is 9.86. The van der Waals surface area contributed by atoms with E-state index in [1.165, 1.54) is 30.3 Å². The van der Waals surface area contributed by atoms with E-state index >= 15 is 0 Å². The van der Waals surface area contributed by atoms with Gasteiger partial charge in [-0.25, -0.2) is 4.98 Å². The molecular weight excluding hydrogens is 443 g/mol. The maximum atomic E-state index is 13.7. The Bertz CT molecular complexity index is 1010. The molecular formula is C20H17F5N2O3S. The van der Waals surface area contributed by atoms with Crippen LogP contribution in [0.25, 0.3) is 10.2 Å². The van der Waals surface area contributed by atoms with E-state index in [1.54, 1.807) is 18.2 Å². The predicted molar refractivity (Wildman–Crippen MR) is 104 cm³/mol. The molecule has 2 N–H and O–H groups in total. The van der Waals surface area contributed by atoms with Crippen LogP contribution in [-0.2, 0) is 16.8 Å². The molecule has 3 rings (SSSR count). The van der Waals surface area contributed by atoms with Gasteiger partial charge in [0.05, 0.1) is 16.6 Å². The van der Waals surface area contributed by atoms with E-state index in [2.05, 4.69) is 15.0 Å². The molecule has 1 heterocycles. The number of hydrogen-bond acceptors (Lipinski definition) is 5. The monoisotopic (exact) mass is 460 g/mol. The lowest BCUT2D eigenvalue weighted by Gasteiger charge is -2.27. The molecule has 0 fully saturated rings. The topological polar surface area (TPSA) is 71.5 Å². The minimum Gasteiger partial charge on any atom is -0.435 e. The highest BCUT2D eigenvalue weighted by molar-refractivity contribution is 7.18. The molecule has 0 saturated carbocycles. The third-order valence-corrected chi connectivity index (χ3v) is 5.60. The second-order valence-electron chi connectivity index (χ2n) is 6.64. The van der Waals surface area contributed by atoms with Gasteiger partial charge < -0.3 is 15.2 Å². The quantitative estimate of drug-likeness (QED) is 0.489. The molecule has 31 heavy (non-hydrogen) atoms. The van der Waals surface area contributed by atoms with E-state index in [-0.39, 0.29) is 18.7 Å². The fourth-order valence-corrected chi connectivity index (χ4v) is 3.90. The molecule has 2 aromatic carbocycles. The van der Waals surface area contributed by atoms with Crippen LogP contribution in [0, 0.1) is 0 Å². The number of amides is 1. The number of fused-ring (bicyclic) bond motifs is 1. The molecule has 5 nitrogen and oxygen atoms in total. The summed E-state index contributed by atoms with van der Waals surface area (Å²) < 4.78 is 70.0. The van der Waals surface area contributed by atoms with Gasteiger partial charge in [0, 0.05) is 6.54 Å². The highest BCUT2D eigenvalue weighted by atomic mass is 32.1. The number of rotatable bonds is 8. The summed E-state index contributed by atoms with van der Waals surface area (Å²) in [5.74, 6) is -1.04. The third-order valence-electron chi connectivity index (χ3n) is 4.42. The van der Waals surface area contributed by atoms with Crippen molar-refractivity contribution < 1.29 is 36.6 Å². The number of ether oxygens (including phenoxy) is 1. The lowest BCUT2D eigenvalue weighted by atomic mass is 9.99. The largest absolute Gasteiger partial charge is 0.435 e. The van der Waals surface area contributed by atoms with E-state index in [4.69, 9.17) is 0 Å². The maximum absolute atomic E-state index is 13.7. The van der Waals surface area contributed by atoms with Crippen molar-refractivity contribution in [2.45, 2.75) is 31.2 Å². The molecule has 0 radical (unpaired) electrons. The summed E-state index contributed by atoms with van der Waals surface area (Å²) in [6, 6.07) is 12.0. The number of hydrogen-bond donors (Lipinski definition) is 2. The lowest BCUT2D eigenvalue weighted by molar-refractivity contribution is -0.267. The third kappa shape index (κ3) is 5.47. The second kappa shape index (κ2) is 9.15. The molecule has 1 amide bonds. The van der Waals surface area contributed by atoms with Crippen LogP contribution in [0.15, 0.2) is 48.5 Å². The highest BCUT2D eigenvalue weighted by Gasteiger charge is 2.58. The zero-order valence-corrected chi connectivity index (χ0v) is 16.6. The summed E-state index contributed by atoms with van der Waals surface area (Å²) in [6.07, 6.45) is -6.11. The van der Waals surface area contributed by atoms with Crippen molar-refractivity contribution in [1.82, 2.24) is 10.3 Å². The fraction of sp³-hybridized carbons (Fsp3) is 0.300. The number of halogens is 5. The summed E-state index contributed by atoms with van der Waals surface area (Å²) >= 11 is 0.673. The van der Waals surface area contributed by atoms with E-state index in [1.807, 2.05) is 0 Å². The van der Waals surface area contributed by atoms with Crippen molar-refractivity contribution in [3.63, 3.8) is 0 Å². The van der Waals surface area contributed by atoms with Gasteiger partial charge in [-0.05, 0) is 36.2 Å². The summed E-state index contributed by atoms with van der Waals surface area (Å²) in [5, 5.41) is 12.1. The number of carbonyl (C=O) groups is 1. The molecule has 0 aliphatic rings. The van der Waals surface area contributed by atoms with Crippen LogP contribution < -0.4 is 10.1 Å². The normalized spacial score (nSPS) is 13.9. The molecule has 0 spiro atoms. The van der Waals surface area contributed by atoms with Crippen molar-refractivity contribution in [3.8, 4) is 5.75 Å². The first-order valence-electron chi connectivity index (χ1n) is 9.04. The minimum atomic E-state index is -5.11. The Morgan fingerprint density at radius 3 is 2.42 bits per heavy atom. The van der Waals surface area contributed by atoms with Gasteiger partial charge in [0.15, 0.2) is 0 Å². The zero-order chi connectivity index (χ0) is 22.6. The van der Waals surface area contributed by atoms with Gasteiger partial charge in [0.1, 0.15) is 10.8 Å². The Balaban J connectivity index is 1.63. The molecule has 0 bridgehead atoms. The van der Waals surface area contributed by atoms with E-state index < -0.39 is 35.7 Å². The number of aliphatic hydroxyl groups is 1. The summed E-state index contributed by atoms with van der Waals surface area (Å²) in [6.45, 7) is -2.96. The molecule has 0 aliphatic carbocycles. The number of thiazole rings is 1. The van der Waals surface area contributed by atoms with Crippen molar-refractivity contribution in [1.29, 1.82) is 0 Å². The number of para-hydroxylation sites is 1. The van der Waals surface area contributed by atoms with Crippen molar-refractivity contribution in [3.05, 3.63) is 59.1 Å². The Labute approximate surface area is 177 Å². The Kier molecular flexibility index (Phi) is 6.75. The van der Waals surface area contributed by atoms with Gasteiger partial charge >= 0.3 is 12.8 Å². The fourth-order valence-electron chi connectivity index (χ4n) is 2.82. The zero-order valence-electron chi connectivity index (χ0n) is 15.8. The number of alkyl halides is 5. The van der Waals surface area contributed by atoms with Crippen molar-refractivity contribution >= 4 is 27.5 Å². The molecule has 1 atom stereocenters. The van der Waals surface area contributed by atoms with Gasteiger partial charge in [-0.1, -0.05) is 24.3 Å². The number of nitrogens with one attached hydrogen (secondary N) is 1. The van der Waals surface area contributed by atoms with Crippen molar-refractivity contribution in [2.24, 2.45) is 0 Å². The number of nitrogens with zero attached hydrogens (tertiary/aromatic N) is 1. The van der Waals surface area contributed by atoms with E-state index in [9.17, 15) is 31.9 Å². The number of carbonyl (C=O) groups excluding carboxylic acids is 1. The Morgan fingerprint density at radius 2 is 1.81 bits per heavy atom. The van der Waals surface area contributed by atoms with Crippen LogP contribution in [0.3, 0.4) is 0 Å². The van der Waals surface area contributed by atoms with Crippen LogP contribution >= 0.6 is 11.3 Å². The van der Waals surface area contributed by atoms with E-state index in [0.29, 0.717) is 27.1 Å². The first kappa shape index (κ1) is 22.9. The predicted octanol–water partition coefficient (Wildman–Crippen LogP) is 4.40. The second-order valence-corrected chi connectivity index (χ2v) is 7.67. The summed E-state index contributed by atoms with van der Waals surface area (Å²) in [5.41, 5.74) is -2.47. The molecule has 3 aromatic rings. The van der Waals surface area contributed by atoms with Crippen LogP contribution in [0.5, 0.6) is 5.75 Å². The number of benzene rings is 2. The van der Waals surface area contributed by atoms with Crippen LogP contribution in [0.2, 0.25) is 0 Å².